The lowest BCUT2D eigenvalue weighted by Gasteiger charge is -2.29. The van der Waals surface area contributed by atoms with Gasteiger partial charge in [-0.2, -0.15) is 0 Å². The lowest BCUT2D eigenvalue weighted by molar-refractivity contribution is 0.317. The van der Waals surface area contributed by atoms with Crippen LogP contribution in [0.4, 0.5) is 0 Å². The first-order valence-electron chi connectivity index (χ1n) is 5.13. The average Bonchev–Trinajstić information content (AvgIpc) is 2.06. The Morgan fingerprint density at radius 3 is 2.33 bits per heavy atom. The highest BCUT2D eigenvalue weighted by Crippen LogP contribution is 2.16. The summed E-state index contributed by atoms with van der Waals surface area (Å²) in [4.78, 5) is 0. The van der Waals surface area contributed by atoms with Gasteiger partial charge in [0, 0.05) is 5.54 Å². The van der Waals surface area contributed by atoms with Crippen molar-refractivity contribution in [3.05, 3.63) is 0 Å². The molecule has 12 heavy (non-hydrogen) atoms. The van der Waals surface area contributed by atoms with Gasteiger partial charge in [-0.3, -0.25) is 0 Å². The molecule has 0 saturated carbocycles. The van der Waals surface area contributed by atoms with E-state index in [1.807, 2.05) is 0 Å². The van der Waals surface area contributed by atoms with Crippen LogP contribution in [-0.2, 0) is 0 Å². The minimum atomic E-state index is 0.337. The summed E-state index contributed by atoms with van der Waals surface area (Å²) in [6.07, 6.45) is 4.84. The molecule has 0 bridgehead atoms. The van der Waals surface area contributed by atoms with E-state index in [1.54, 1.807) is 0 Å². The maximum atomic E-state index is 5.45. The Hall–Kier alpha value is -0.0800. The van der Waals surface area contributed by atoms with Gasteiger partial charge in [-0.15, -0.1) is 0 Å². The zero-order valence-electron chi connectivity index (χ0n) is 8.82. The Bertz CT molecular complexity index is 104. The van der Waals surface area contributed by atoms with E-state index in [2.05, 4.69) is 26.1 Å². The Labute approximate surface area is 76.9 Å². The number of hydrogen-bond donors (Lipinski definition) is 2. The molecule has 0 fully saturated rings. The monoisotopic (exact) mass is 172 g/mol. The van der Waals surface area contributed by atoms with Crippen molar-refractivity contribution in [2.75, 3.05) is 13.1 Å². The molecular formula is C10H24N2. The van der Waals surface area contributed by atoms with Crippen LogP contribution < -0.4 is 11.1 Å². The molecule has 0 aliphatic carbocycles. The maximum Gasteiger partial charge on any atom is 0.0150 e. The molecule has 0 spiro atoms. The van der Waals surface area contributed by atoms with E-state index < -0.39 is 0 Å². The van der Waals surface area contributed by atoms with Crippen LogP contribution in [0, 0.1) is 0 Å². The highest BCUT2D eigenvalue weighted by molar-refractivity contribution is 4.80. The van der Waals surface area contributed by atoms with Crippen molar-refractivity contribution < 1.29 is 0 Å². The Balaban J connectivity index is 3.63. The first kappa shape index (κ1) is 11.9. The molecule has 2 heteroatoms. The fourth-order valence-electron chi connectivity index (χ4n) is 1.48. The summed E-state index contributed by atoms with van der Waals surface area (Å²) >= 11 is 0. The number of nitrogens with two attached hydrogens (primary N) is 1. The van der Waals surface area contributed by atoms with Crippen molar-refractivity contribution in [2.24, 2.45) is 5.73 Å². The Kier molecular flexibility index (Phi) is 6.39. The third-order valence-corrected chi connectivity index (χ3v) is 2.57. The Morgan fingerprint density at radius 1 is 1.25 bits per heavy atom. The highest BCUT2D eigenvalue weighted by atomic mass is 14.9. The molecule has 0 aliphatic heterocycles. The zero-order chi connectivity index (χ0) is 9.45. The Morgan fingerprint density at radius 2 is 1.92 bits per heavy atom. The fraction of sp³-hybridized carbons (Fsp3) is 1.00. The van der Waals surface area contributed by atoms with Gasteiger partial charge in [0.25, 0.3) is 0 Å². The van der Waals surface area contributed by atoms with E-state index in [9.17, 15) is 0 Å². The second-order valence-corrected chi connectivity index (χ2v) is 3.69. The summed E-state index contributed by atoms with van der Waals surface area (Å²) in [6, 6.07) is 0. The molecule has 0 rings (SSSR count). The molecule has 1 unspecified atom stereocenters. The van der Waals surface area contributed by atoms with E-state index in [-0.39, 0.29) is 0 Å². The molecule has 0 aliphatic rings. The molecule has 0 saturated heterocycles. The summed E-state index contributed by atoms with van der Waals surface area (Å²) in [5, 5.41) is 3.53. The van der Waals surface area contributed by atoms with E-state index in [0.29, 0.717) is 5.54 Å². The van der Waals surface area contributed by atoms with Gasteiger partial charge in [-0.25, -0.2) is 0 Å². The van der Waals surface area contributed by atoms with Gasteiger partial charge in [-0.05, 0) is 39.3 Å². The quantitative estimate of drug-likeness (QED) is 0.576. The van der Waals surface area contributed by atoms with Crippen molar-refractivity contribution in [2.45, 2.75) is 52.0 Å². The maximum absolute atomic E-state index is 5.45. The predicted octanol–water partition coefficient (Wildman–Crippen LogP) is 1.89. The van der Waals surface area contributed by atoms with E-state index >= 15 is 0 Å². The summed E-state index contributed by atoms with van der Waals surface area (Å²) < 4.78 is 0. The van der Waals surface area contributed by atoms with Gasteiger partial charge in [0.2, 0.25) is 0 Å². The van der Waals surface area contributed by atoms with E-state index in [4.69, 9.17) is 5.73 Å². The molecule has 74 valence electrons. The molecule has 0 radical (unpaired) electrons. The van der Waals surface area contributed by atoms with Crippen LogP contribution in [0.5, 0.6) is 0 Å². The van der Waals surface area contributed by atoms with Crippen molar-refractivity contribution >= 4 is 0 Å². The van der Waals surface area contributed by atoms with Gasteiger partial charge in [0.1, 0.15) is 0 Å². The molecule has 0 heterocycles. The van der Waals surface area contributed by atoms with E-state index in [0.717, 1.165) is 19.5 Å². The predicted molar refractivity (Wildman–Crippen MR) is 55.3 cm³/mol. The molecule has 0 aromatic carbocycles. The van der Waals surface area contributed by atoms with Crippen LogP contribution in [0.1, 0.15) is 46.5 Å². The average molecular weight is 172 g/mol. The smallest absolute Gasteiger partial charge is 0.0150 e. The SMILES string of the molecule is CCNC(C)(CC)CCCCN. The molecular weight excluding hydrogens is 148 g/mol. The van der Waals surface area contributed by atoms with Crippen molar-refractivity contribution in [1.29, 1.82) is 0 Å². The van der Waals surface area contributed by atoms with Crippen LogP contribution in [-0.4, -0.2) is 18.6 Å². The first-order chi connectivity index (χ1) is 5.68. The zero-order valence-corrected chi connectivity index (χ0v) is 8.82. The number of rotatable bonds is 7. The van der Waals surface area contributed by atoms with Crippen molar-refractivity contribution in [3.8, 4) is 0 Å². The topological polar surface area (TPSA) is 38.0 Å². The van der Waals surface area contributed by atoms with Crippen molar-refractivity contribution in [3.63, 3.8) is 0 Å². The fourth-order valence-corrected chi connectivity index (χ4v) is 1.48. The van der Waals surface area contributed by atoms with Crippen LogP contribution >= 0.6 is 0 Å². The summed E-state index contributed by atoms with van der Waals surface area (Å²) in [7, 11) is 0. The van der Waals surface area contributed by atoms with Crippen molar-refractivity contribution in [1.82, 2.24) is 5.32 Å². The second-order valence-electron chi connectivity index (χ2n) is 3.69. The summed E-state index contributed by atoms with van der Waals surface area (Å²) in [5.74, 6) is 0. The lowest BCUT2D eigenvalue weighted by atomic mass is 9.92. The minimum Gasteiger partial charge on any atom is -0.330 e. The number of unbranched alkanes of at least 4 members (excludes halogenated alkanes) is 1. The second kappa shape index (κ2) is 6.44. The lowest BCUT2D eigenvalue weighted by Crippen LogP contribution is -2.41. The highest BCUT2D eigenvalue weighted by Gasteiger charge is 2.18. The molecule has 3 N–H and O–H groups in total. The third-order valence-electron chi connectivity index (χ3n) is 2.57. The number of nitrogens with one attached hydrogen (secondary N) is 1. The summed E-state index contributed by atoms with van der Waals surface area (Å²) in [5.41, 5.74) is 5.79. The van der Waals surface area contributed by atoms with Gasteiger partial charge in [-0.1, -0.05) is 20.3 Å². The molecule has 0 aromatic rings. The normalized spacial score (nSPS) is 16.0. The van der Waals surface area contributed by atoms with Gasteiger partial charge in [0.05, 0.1) is 0 Å². The standard InChI is InChI=1S/C10H24N2/c1-4-10(3,12-5-2)8-6-7-9-11/h12H,4-9,11H2,1-3H3. The molecule has 0 aromatic heterocycles. The van der Waals surface area contributed by atoms with Crippen LogP contribution in [0.25, 0.3) is 0 Å². The molecule has 0 amide bonds. The van der Waals surface area contributed by atoms with Gasteiger partial charge < -0.3 is 11.1 Å². The van der Waals surface area contributed by atoms with Crippen LogP contribution in [0.2, 0.25) is 0 Å². The molecule has 2 nitrogen and oxygen atoms in total. The number of hydrogen-bond acceptors (Lipinski definition) is 2. The third kappa shape index (κ3) is 4.73. The largest absolute Gasteiger partial charge is 0.330 e. The first-order valence-corrected chi connectivity index (χ1v) is 5.13. The van der Waals surface area contributed by atoms with Gasteiger partial charge >= 0.3 is 0 Å². The summed E-state index contributed by atoms with van der Waals surface area (Å²) in [6.45, 7) is 8.59. The van der Waals surface area contributed by atoms with Gasteiger partial charge in [0.15, 0.2) is 0 Å². The molecule has 1 atom stereocenters. The van der Waals surface area contributed by atoms with Crippen LogP contribution in [0.3, 0.4) is 0 Å². The van der Waals surface area contributed by atoms with E-state index in [1.165, 1.54) is 19.3 Å². The van der Waals surface area contributed by atoms with Crippen LogP contribution in [0.15, 0.2) is 0 Å². The minimum absolute atomic E-state index is 0.337.